The first-order valence-corrected chi connectivity index (χ1v) is 7.29. The van der Waals surface area contributed by atoms with Crippen molar-refractivity contribution in [2.45, 2.75) is 31.7 Å². The van der Waals surface area contributed by atoms with Crippen LogP contribution in [0.25, 0.3) is 0 Å². The molecule has 0 spiro atoms. The zero-order valence-electron chi connectivity index (χ0n) is 11.4. The van der Waals surface area contributed by atoms with Crippen LogP contribution in [0.3, 0.4) is 0 Å². The molecule has 2 unspecified atom stereocenters. The summed E-state index contributed by atoms with van der Waals surface area (Å²) in [6.45, 7) is 0. The van der Waals surface area contributed by atoms with Gasteiger partial charge >= 0.3 is 0 Å². The average molecular weight is 364 g/mol. The molecule has 0 aromatic heterocycles. The molecule has 1 saturated carbocycles. The number of carbonyl (C=O) groups excluding carboxylic acids is 1. The van der Waals surface area contributed by atoms with Gasteiger partial charge in [-0.2, -0.15) is 0 Å². The van der Waals surface area contributed by atoms with E-state index in [-0.39, 0.29) is 30.3 Å². The van der Waals surface area contributed by atoms with Gasteiger partial charge < -0.3 is 15.8 Å². The minimum atomic E-state index is 0. The number of nitrogens with two attached hydrogens (primary N) is 1. The van der Waals surface area contributed by atoms with Crippen molar-refractivity contribution in [3.05, 3.63) is 22.7 Å². The van der Waals surface area contributed by atoms with E-state index >= 15 is 0 Å². The number of anilines is 1. The fraction of sp³-hybridized carbons (Fsp3) is 0.500. The fourth-order valence-corrected chi connectivity index (χ4v) is 2.84. The van der Waals surface area contributed by atoms with E-state index in [1.54, 1.807) is 7.11 Å². The third kappa shape index (κ3) is 4.36. The lowest BCUT2D eigenvalue weighted by atomic mass is 9.85. The molecule has 2 rings (SSSR count). The highest BCUT2D eigenvalue weighted by atomic mass is 79.9. The second kappa shape index (κ2) is 7.86. The quantitative estimate of drug-likeness (QED) is 0.865. The van der Waals surface area contributed by atoms with E-state index in [1.165, 1.54) is 0 Å². The summed E-state index contributed by atoms with van der Waals surface area (Å²) in [7, 11) is 1.59. The second-order valence-corrected chi connectivity index (χ2v) is 5.87. The molecule has 2 atom stereocenters. The van der Waals surface area contributed by atoms with Crippen LogP contribution in [0.1, 0.15) is 25.7 Å². The van der Waals surface area contributed by atoms with Crippen molar-refractivity contribution in [3.8, 4) is 5.75 Å². The Morgan fingerprint density at radius 1 is 1.45 bits per heavy atom. The molecule has 0 radical (unpaired) electrons. The molecule has 4 nitrogen and oxygen atoms in total. The highest BCUT2D eigenvalue weighted by molar-refractivity contribution is 9.10. The maximum Gasteiger partial charge on any atom is 0.227 e. The van der Waals surface area contributed by atoms with Gasteiger partial charge in [0.25, 0.3) is 0 Å². The zero-order chi connectivity index (χ0) is 13.8. The largest absolute Gasteiger partial charge is 0.495 e. The average Bonchev–Trinajstić information content (AvgIpc) is 2.39. The molecule has 0 saturated heterocycles. The van der Waals surface area contributed by atoms with Gasteiger partial charge in [0.2, 0.25) is 5.91 Å². The maximum atomic E-state index is 12.3. The number of amides is 1. The van der Waals surface area contributed by atoms with E-state index in [4.69, 9.17) is 10.5 Å². The Morgan fingerprint density at radius 2 is 2.20 bits per heavy atom. The Labute approximate surface area is 134 Å². The van der Waals surface area contributed by atoms with E-state index in [0.29, 0.717) is 11.4 Å². The SMILES string of the molecule is COc1ccc(Br)cc1NC(=O)C1CCCC(N)C1.Cl. The summed E-state index contributed by atoms with van der Waals surface area (Å²) in [5.41, 5.74) is 6.62. The highest BCUT2D eigenvalue weighted by Crippen LogP contribution is 2.30. The van der Waals surface area contributed by atoms with Crippen molar-refractivity contribution in [2.24, 2.45) is 11.7 Å². The molecular formula is C14H20BrClN2O2. The van der Waals surface area contributed by atoms with Crippen LogP contribution in [0.5, 0.6) is 5.75 Å². The summed E-state index contributed by atoms with van der Waals surface area (Å²) >= 11 is 3.39. The highest BCUT2D eigenvalue weighted by Gasteiger charge is 2.25. The summed E-state index contributed by atoms with van der Waals surface area (Å²) in [5.74, 6) is 0.704. The van der Waals surface area contributed by atoms with E-state index in [0.717, 1.165) is 30.2 Å². The summed E-state index contributed by atoms with van der Waals surface area (Å²) in [4.78, 5) is 12.3. The lowest BCUT2D eigenvalue weighted by molar-refractivity contribution is -0.120. The normalized spacial score (nSPS) is 21.8. The third-order valence-electron chi connectivity index (χ3n) is 3.50. The summed E-state index contributed by atoms with van der Waals surface area (Å²) in [6, 6.07) is 5.70. The third-order valence-corrected chi connectivity index (χ3v) is 4.00. The number of halogens is 2. The van der Waals surface area contributed by atoms with Crippen LogP contribution in [0.2, 0.25) is 0 Å². The molecule has 3 N–H and O–H groups in total. The van der Waals surface area contributed by atoms with E-state index in [2.05, 4.69) is 21.2 Å². The molecule has 1 fully saturated rings. The van der Waals surface area contributed by atoms with E-state index in [9.17, 15) is 4.79 Å². The van der Waals surface area contributed by atoms with Gasteiger partial charge in [-0.1, -0.05) is 22.4 Å². The predicted molar refractivity (Wildman–Crippen MR) is 86.5 cm³/mol. The number of hydrogen-bond donors (Lipinski definition) is 2. The van der Waals surface area contributed by atoms with Gasteiger partial charge in [0.05, 0.1) is 12.8 Å². The molecule has 112 valence electrons. The van der Waals surface area contributed by atoms with Gasteiger partial charge in [0.1, 0.15) is 5.75 Å². The lowest BCUT2D eigenvalue weighted by Gasteiger charge is -2.25. The van der Waals surface area contributed by atoms with Crippen LogP contribution >= 0.6 is 28.3 Å². The van der Waals surface area contributed by atoms with Gasteiger partial charge in [0.15, 0.2) is 0 Å². The Morgan fingerprint density at radius 3 is 2.85 bits per heavy atom. The van der Waals surface area contributed by atoms with Crippen molar-refractivity contribution in [1.82, 2.24) is 0 Å². The molecule has 1 aliphatic carbocycles. The summed E-state index contributed by atoms with van der Waals surface area (Å²) < 4.78 is 6.16. The number of methoxy groups -OCH3 is 1. The first-order chi connectivity index (χ1) is 9.10. The summed E-state index contributed by atoms with van der Waals surface area (Å²) in [6.07, 6.45) is 3.72. The minimum Gasteiger partial charge on any atom is -0.495 e. The standard InChI is InChI=1S/C14H19BrN2O2.ClH/c1-19-13-6-5-10(15)8-12(13)17-14(18)9-3-2-4-11(16)7-9;/h5-6,8-9,11H,2-4,7,16H2,1H3,(H,17,18);1H. The number of nitrogens with one attached hydrogen (secondary N) is 1. The van der Waals surface area contributed by atoms with Gasteiger partial charge in [0, 0.05) is 16.4 Å². The molecular weight excluding hydrogens is 344 g/mol. The minimum absolute atomic E-state index is 0. The Balaban J connectivity index is 0.00000200. The maximum absolute atomic E-state index is 12.3. The van der Waals surface area contributed by atoms with Crippen molar-refractivity contribution in [2.75, 3.05) is 12.4 Å². The van der Waals surface area contributed by atoms with E-state index < -0.39 is 0 Å². The van der Waals surface area contributed by atoms with E-state index in [1.807, 2.05) is 18.2 Å². The molecule has 1 aromatic carbocycles. The predicted octanol–water partition coefficient (Wildman–Crippen LogP) is 3.34. The molecule has 0 heterocycles. The first-order valence-electron chi connectivity index (χ1n) is 6.50. The molecule has 20 heavy (non-hydrogen) atoms. The summed E-state index contributed by atoms with van der Waals surface area (Å²) in [5, 5.41) is 2.94. The topological polar surface area (TPSA) is 64.3 Å². The number of benzene rings is 1. The number of carbonyl (C=O) groups is 1. The molecule has 1 amide bonds. The molecule has 0 aliphatic heterocycles. The van der Waals surface area contributed by atoms with Crippen molar-refractivity contribution < 1.29 is 9.53 Å². The van der Waals surface area contributed by atoms with Gasteiger partial charge in [-0.05, 0) is 37.5 Å². The monoisotopic (exact) mass is 362 g/mol. The number of rotatable bonds is 3. The zero-order valence-corrected chi connectivity index (χ0v) is 13.8. The molecule has 1 aromatic rings. The van der Waals surface area contributed by atoms with Crippen molar-refractivity contribution >= 4 is 39.9 Å². The number of ether oxygens (including phenoxy) is 1. The van der Waals surface area contributed by atoms with Crippen LogP contribution in [0, 0.1) is 5.92 Å². The Kier molecular flexibility index (Phi) is 6.79. The van der Waals surface area contributed by atoms with Crippen LogP contribution in [0.4, 0.5) is 5.69 Å². The van der Waals surface area contributed by atoms with Crippen LogP contribution in [0.15, 0.2) is 22.7 Å². The molecule has 0 bridgehead atoms. The Bertz CT molecular complexity index is 470. The van der Waals surface area contributed by atoms with Gasteiger partial charge in [-0.15, -0.1) is 12.4 Å². The fourth-order valence-electron chi connectivity index (χ4n) is 2.48. The number of hydrogen-bond acceptors (Lipinski definition) is 3. The Hall–Kier alpha value is -0.780. The molecule has 1 aliphatic rings. The first kappa shape index (κ1) is 17.3. The van der Waals surface area contributed by atoms with Crippen molar-refractivity contribution in [1.29, 1.82) is 0 Å². The van der Waals surface area contributed by atoms with Crippen LogP contribution in [-0.2, 0) is 4.79 Å². The van der Waals surface area contributed by atoms with Crippen LogP contribution < -0.4 is 15.8 Å². The van der Waals surface area contributed by atoms with Gasteiger partial charge in [-0.25, -0.2) is 0 Å². The van der Waals surface area contributed by atoms with Crippen molar-refractivity contribution in [3.63, 3.8) is 0 Å². The van der Waals surface area contributed by atoms with Gasteiger partial charge in [-0.3, -0.25) is 4.79 Å². The smallest absolute Gasteiger partial charge is 0.227 e. The second-order valence-electron chi connectivity index (χ2n) is 4.96. The lowest BCUT2D eigenvalue weighted by Crippen LogP contribution is -2.34. The van der Waals surface area contributed by atoms with Crippen LogP contribution in [-0.4, -0.2) is 19.1 Å². The molecule has 6 heteroatoms.